The minimum atomic E-state index is -1.16. The highest BCUT2D eigenvalue weighted by molar-refractivity contribution is 5.94. The molecule has 0 aliphatic carbocycles. The number of carboxylic acid groups (broad SMARTS) is 1. The summed E-state index contributed by atoms with van der Waals surface area (Å²) in [5, 5.41) is 16.6. The monoisotopic (exact) mass is 427 g/mol. The third-order valence-electron chi connectivity index (χ3n) is 4.95. The number of hydrogen-bond donors (Lipinski definition) is 5. The predicted molar refractivity (Wildman–Crippen MR) is 108 cm³/mol. The summed E-state index contributed by atoms with van der Waals surface area (Å²) in [5.41, 5.74) is 5.31. The van der Waals surface area contributed by atoms with Crippen molar-refractivity contribution in [1.82, 2.24) is 20.9 Å². The van der Waals surface area contributed by atoms with Crippen LogP contribution in [0.5, 0.6) is 0 Å². The summed E-state index contributed by atoms with van der Waals surface area (Å²) in [7, 11) is 0. The molecule has 3 atom stereocenters. The van der Waals surface area contributed by atoms with E-state index in [0.717, 1.165) is 0 Å². The van der Waals surface area contributed by atoms with Gasteiger partial charge in [0.05, 0.1) is 13.1 Å². The van der Waals surface area contributed by atoms with Gasteiger partial charge in [-0.3, -0.25) is 19.2 Å². The smallest absolute Gasteiger partial charge is 0.326 e. The molecule has 0 bridgehead atoms. The fourth-order valence-corrected chi connectivity index (χ4v) is 3.25. The summed E-state index contributed by atoms with van der Waals surface area (Å²) in [6.45, 7) is 6.60. The van der Waals surface area contributed by atoms with Crippen molar-refractivity contribution in [1.29, 1.82) is 0 Å². The molecule has 1 rings (SSSR count). The normalized spacial score (nSPS) is 18.1. The van der Waals surface area contributed by atoms with Gasteiger partial charge in [0.1, 0.15) is 18.1 Å². The Balaban J connectivity index is 2.73. The van der Waals surface area contributed by atoms with Gasteiger partial charge in [0, 0.05) is 6.54 Å². The number of likely N-dealkylation sites (tertiary alicyclic amines) is 1. The molecule has 1 saturated heterocycles. The molecule has 4 amide bonds. The summed E-state index contributed by atoms with van der Waals surface area (Å²) in [6, 6.07) is -2.63. The Labute approximate surface area is 176 Å². The number of aliphatic carboxylic acids is 1. The van der Waals surface area contributed by atoms with Gasteiger partial charge in [0.25, 0.3) is 0 Å². The van der Waals surface area contributed by atoms with Crippen molar-refractivity contribution in [2.24, 2.45) is 17.6 Å². The summed E-state index contributed by atoms with van der Waals surface area (Å²) < 4.78 is 0. The van der Waals surface area contributed by atoms with E-state index in [1.165, 1.54) is 4.90 Å². The Kier molecular flexibility index (Phi) is 9.70. The molecule has 6 N–H and O–H groups in total. The number of nitrogens with zero attached hydrogens (tertiary/aromatic N) is 1. The minimum absolute atomic E-state index is 0.202. The highest BCUT2D eigenvalue weighted by Gasteiger charge is 2.38. The van der Waals surface area contributed by atoms with Gasteiger partial charge in [-0.2, -0.15) is 0 Å². The first-order valence-electron chi connectivity index (χ1n) is 10.1. The van der Waals surface area contributed by atoms with Crippen LogP contribution in [0.15, 0.2) is 0 Å². The van der Waals surface area contributed by atoms with Crippen LogP contribution in [0.1, 0.15) is 40.5 Å². The van der Waals surface area contributed by atoms with Crippen LogP contribution < -0.4 is 21.7 Å². The molecule has 170 valence electrons. The molecule has 0 aromatic heterocycles. The van der Waals surface area contributed by atoms with Gasteiger partial charge in [0.15, 0.2) is 0 Å². The second-order valence-electron chi connectivity index (χ2n) is 8.03. The van der Waals surface area contributed by atoms with Gasteiger partial charge < -0.3 is 31.7 Å². The quantitative estimate of drug-likeness (QED) is 0.280. The zero-order valence-corrected chi connectivity index (χ0v) is 17.9. The molecular formula is C19H33N5O6. The molecule has 11 heteroatoms. The van der Waals surface area contributed by atoms with Crippen LogP contribution in [0.4, 0.5) is 0 Å². The van der Waals surface area contributed by atoms with Crippen LogP contribution in [0.3, 0.4) is 0 Å². The molecule has 0 saturated carbocycles. The summed E-state index contributed by atoms with van der Waals surface area (Å²) >= 11 is 0. The average molecular weight is 428 g/mol. The maximum Gasteiger partial charge on any atom is 0.326 e. The highest BCUT2D eigenvalue weighted by atomic mass is 16.4. The first kappa shape index (κ1) is 25.3. The molecule has 1 aliphatic rings. The number of carbonyl (C=O) groups is 5. The number of nitrogens with two attached hydrogens (primary N) is 1. The van der Waals surface area contributed by atoms with Gasteiger partial charge in [-0.1, -0.05) is 27.7 Å². The first-order chi connectivity index (χ1) is 14.0. The van der Waals surface area contributed by atoms with Crippen molar-refractivity contribution in [3.05, 3.63) is 0 Å². The fourth-order valence-electron chi connectivity index (χ4n) is 3.25. The highest BCUT2D eigenvalue weighted by Crippen LogP contribution is 2.20. The maximum atomic E-state index is 12.9. The maximum absolute atomic E-state index is 12.9. The topological polar surface area (TPSA) is 171 Å². The van der Waals surface area contributed by atoms with Crippen LogP contribution in [0, 0.1) is 11.8 Å². The first-order valence-corrected chi connectivity index (χ1v) is 10.1. The molecule has 0 spiro atoms. The van der Waals surface area contributed by atoms with Crippen molar-refractivity contribution in [3.8, 4) is 0 Å². The molecule has 30 heavy (non-hydrogen) atoms. The van der Waals surface area contributed by atoms with E-state index in [-0.39, 0.29) is 24.3 Å². The van der Waals surface area contributed by atoms with Crippen LogP contribution in [0.25, 0.3) is 0 Å². The van der Waals surface area contributed by atoms with Crippen LogP contribution in [0.2, 0.25) is 0 Å². The third kappa shape index (κ3) is 6.97. The Morgan fingerprint density at radius 2 is 1.57 bits per heavy atom. The zero-order valence-electron chi connectivity index (χ0n) is 17.9. The molecule has 0 unspecified atom stereocenters. The summed E-state index contributed by atoms with van der Waals surface area (Å²) in [6.07, 6.45) is 1.04. The number of carbonyl (C=O) groups excluding carboxylic acids is 4. The van der Waals surface area contributed by atoms with Crippen molar-refractivity contribution in [2.75, 3.05) is 19.6 Å². The van der Waals surface area contributed by atoms with Gasteiger partial charge >= 0.3 is 5.97 Å². The number of amides is 4. The molecule has 1 aliphatic heterocycles. The van der Waals surface area contributed by atoms with E-state index in [9.17, 15) is 24.0 Å². The van der Waals surface area contributed by atoms with Gasteiger partial charge in [-0.15, -0.1) is 0 Å². The second-order valence-corrected chi connectivity index (χ2v) is 8.03. The molecular weight excluding hydrogens is 394 g/mol. The average Bonchev–Trinajstić information content (AvgIpc) is 3.16. The number of carboxylic acids is 1. The van der Waals surface area contributed by atoms with E-state index in [1.54, 1.807) is 27.7 Å². The van der Waals surface area contributed by atoms with E-state index in [4.69, 9.17) is 10.8 Å². The Morgan fingerprint density at radius 3 is 2.07 bits per heavy atom. The SMILES string of the molecule is CC(C)[C@H](NC(=O)CNC(=O)[C@@H]1CCCN1C(=O)[C@@H](NC(=O)CN)C(C)C)C(=O)O. The lowest BCUT2D eigenvalue weighted by atomic mass is 10.0. The van der Waals surface area contributed by atoms with Crippen molar-refractivity contribution in [3.63, 3.8) is 0 Å². The largest absolute Gasteiger partial charge is 0.480 e. The summed E-state index contributed by atoms with van der Waals surface area (Å²) in [4.78, 5) is 61.8. The Morgan fingerprint density at radius 1 is 1.00 bits per heavy atom. The molecule has 0 radical (unpaired) electrons. The van der Waals surface area contributed by atoms with Gasteiger partial charge in [0.2, 0.25) is 23.6 Å². The van der Waals surface area contributed by atoms with Crippen molar-refractivity contribution >= 4 is 29.6 Å². The number of hydrogen-bond acceptors (Lipinski definition) is 6. The molecule has 11 nitrogen and oxygen atoms in total. The standard InChI is InChI=1S/C19H33N5O6/c1-10(2)15(22-13(25)8-20)18(28)24-7-5-6-12(24)17(27)21-9-14(26)23-16(11(3)4)19(29)30/h10-12,15-16H,5-9,20H2,1-4H3,(H,21,27)(H,22,25)(H,23,26)(H,29,30)/t12-,15-,16-/m0/s1. The lowest BCUT2D eigenvalue weighted by molar-refractivity contribution is -0.143. The van der Waals surface area contributed by atoms with E-state index in [2.05, 4.69) is 16.0 Å². The van der Waals surface area contributed by atoms with Crippen molar-refractivity contribution < 1.29 is 29.1 Å². The fraction of sp³-hybridized carbons (Fsp3) is 0.737. The van der Waals surface area contributed by atoms with E-state index >= 15 is 0 Å². The number of rotatable bonds is 10. The molecule has 1 heterocycles. The zero-order chi connectivity index (χ0) is 23.0. The number of nitrogens with one attached hydrogen (secondary N) is 3. The van der Waals surface area contributed by atoms with E-state index in [1.807, 2.05) is 0 Å². The molecule has 0 aromatic carbocycles. The molecule has 0 aromatic rings. The molecule has 1 fully saturated rings. The van der Waals surface area contributed by atoms with Crippen LogP contribution >= 0.6 is 0 Å². The minimum Gasteiger partial charge on any atom is -0.480 e. The second kappa shape index (κ2) is 11.5. The van der Waals surface area contributed by atoms with Crippen LogP contribution in [-0.2, 0) is 24.0 Å². The Bertz CT molecular complexity index is 666. The lowest BCUT2D eigenvalue weighted by Gasteiger charge is -2.30. The van der Waals surface area contributed by atoms with Gasteiger partial charge in [-0.25, -0.2) is 4.79 Å². The van der Waals surface area contributed by atoms with Gasteiger partial charge in [-0.05, 0) is 24.7 Å². The predicted octanol–water partition coefficient (Wildman–Crippen LogP) is -1.58. The van der Waals surface area contributed by atoms with E-state index < -0.39 is 48.4 Å². The van der Waals surface area contributed by atoms with Crippen molar-refractivity contribution in [2.45, 2.75) is 58.7 Å². The Hall–Kier alpha value is -2.69. The lowest BCUT2D eigenvalue weighted by Crippen LogP contribution is -2.56. The van der Waals surface area contributed by atoms with E-state index in [0.29, 0.717) is 19.4 Å². The summed E-state index contributed by atoms with van der Waals surface area (Å²) in [5.74, 6) is -3.64. The third-order valence-corrected chi connectivity index (χ3v) is 4.95. The van der Waals surface area contributed by atoms with Crippen LogP contribution in [-0.4, -0.2) is 77.4 Å².